The van der Waals surface area contributed by atoms with E-state index in [4.69, 9.17) is 5.73 Å². The van der Waals surface area contributed by atoms with Gasteiger partial charge in [0.1, 0.15) is 5.82 Å². The Labute approximate surface area is 186 Å². The zero-order chi connectivity index (χ0) is 22.7. The normalized spacial score (nSPS) is 11.7. The summed E-state index contributed by atoms with van der Waals surface area (Å²) in [4.78, 5) is 29.1. The van der Waals surface area contributed by atoms with Crippen LogP contribution in [0, 0.1) is 5.82 Å². The molecule has 4 aromatic rings. The zero-order valence-electron chi connectivity index (χ0n) is 16.9. The van der Waals surface area contributed by atoms with Gasteiger partial charge in [0.05, 0.1) is 16.6 Å². The molecule has 2 heterocycles. The number of anilines is 1. The summed E-state index contributed by atoms with van der Waals surface area (Å²) < 4.78 is 14.9. The number of benzene rings is 2. The van der Waals surface area contributed by atoms with Crippen LogP contribution in [0.4, 0.5) is 14.9 Å². The predicted molar refractivity (Wildman–Crippen MR) is 120 cm³/mol. The van der Waals surface area contributed by atoms with Gasteiger partial charge < -0.3 is 16.4 Å². The molecule has 0 aliphatic carbocycles. The van der Waals surface area contributed by atoms with Gasteiger partial charge in [0.25, 0.3) is 5.91 Å². The van der Waals surface area contributed by atoms with Crippen LogP contribution in [0.1, 0.15) is 29.1 Å². The van der Waals surface area contributed by atoms with Crippen LogP contribution < -0.4 is 16.4 Å². The Hall–Kier alpha value is -4.05. The molecular formula is C22H19FN6O2S. The van der Waals surface area contributed by atoms with Crippen molar-refractivity contribution in [3.63, 3.8) is 0 Å². The van der Waals surface area contributed by atoms with Crippen molar-refractivity contribution in [3.8, 4) is 16.4 Å². The maximum Gasteiger partial charge on any atom is 0.316 e. The Balaban J connectivity index is 1.57. The molecule has 0 saturated heterocycles. The molecule has 0 bridgehead atoms. The summed E-state index contributed by atoms with van der Waals surface area (Å²) in [7, 11) is 0. The van der Waals surface area contributed by atoms with E-state index in [-0.39, 0.29) is 17.7 Å². The SMILES string of the molecule is CC(NC(=O)c1nc(-c2cccs2)n(-c2ccc(F)cc2)n1)c1ccc(NC(N)=O)cc1. The molecule has 1 atom stereocenters. The number of hydrogen-bond acceptors (Lipinski definition) is 5. The first kappa shape index (κ1) is 21.2. The van der Waals surface area contributed by atoms with Crippen molar-refractivity contribution in [1.29, 1.82) is 0 Å². The highest BCUT2D eigenvalue weighted by molar-refractivity contribution is 7.13. The molecule has 1 unspecified atom stereocenters. The maximum absolute atomic E-state index is 13.4. The quantitative estimate of drug-likeness (QED) is 0.410. The van der Waals surface area contributed by atoms with Crippen molar-refractivity contribution in [2.45, 2.75) is 13.0 Å². The number of primary amides is 1. The average Bonchev–Trinajstić information content (AvgIpc) is 3.44. The largest absolute Gasteiger partial charge is 0.351 e. The van der Waals surface area contributed by atoms with Crippen LogP contribution in [0.2, 0.25) is 0 Å². The highest BCUT2D eigenvalue weighted by atomic mass is 32.1. The lowest BCUT2D eigenvalue weighted by molar-refractivity contribution is 0.0929. The molecule has 10 heteroatoms. The number of nitrogens with one attached hydrogen (secondary N) is 2. The number of amides is 3. The number of hydrogen-bond donors (Lipinski definition) is 3. The lowest BCUT2D eigenvalue weighted by Crippen LogP contribution is -2.27. The van der Waals surface area contributed by atoms with Gasteiger partial charge in [-0.2, -0.15) is 0 Å². The molecule has 0 aliphatic heterocycles. The van der Waals surface area contributed by atoms with Crippen LogP contribution in [0.3, 0.4) is 0 Å². The van der Waals surface area contributed by atoms with E-state index in [1.54, 1.807) is 36.4 Å². The third kappa shape index (κ3) is 4.65. The zero-order valence-corrected chi connectivity index (χ0v) is 17.8. The highest BCUT2D eigenvalue weighted by Crippen LogP contribution is 2.26. The number of nitrogens with two attached hydrogens (primary N) is 1. The van der Waals surface area contributed by atoms with E-state index in [0.29, 0.717) is 17.2 Å². The summed E-state index contributed by atoms with van der Waals surface area (Å²) in [6.07, 6.45) is 0. The fourth-order valence-electron chi connectivity index (χ4n) is 3.08. The van der Waals surface area contributed by atoms with E-state index in [1.165, 1.54) is 28.2 Å². The number of rotatable bonds is 6. The number of nitrogens with zero attached hydrogens (tertiary/aromatic N) is 3. The molecule has 8 nitrogen and oxygen atoms in total. The topological polar surface area (TPSA) is 115 Å². The van der Waals surface area contributed by atoms with Crippen LogP contribution in [-0.2, 0) is 0 Å². The van der Waals surface area contributed by atoms with Gasteiger partial charge >= 0.3 is 6.03 Å². The first-order chi connectivity index (χ1) is 15.4. The smallest absolute Gasteiger partial charge is 0.316 e. The second-order valence-corrected chi connectivity index (χ2v) is 7.88. The summed E-state index contributed by atoms with van der Waals surface area (Å²) in [6.45, 7) is 1.82. The average molecular weight is 450 g/mol. The lowest BCUT2D eigenvalue weighted by atomic mass is 10.1. The maximum atomic E-state index is 13.4. The van der Waals surface area contributed by atoms with Gasteiger partial charge in [0, 0.05) is 5.69 Å². The summed E-state index contributed by atoms with van der Waals surface area (Å²) >= 11 is 1.46. The van der Waals surface area contributed by atoms with Crippen molar-refractivity contribution in [1.82, 2.24) is 20.1 Å². The number of halogens is 1. The first-order valence-corrected chi connectivity index (χ1v) is 10.5. The van der Waals surface area contributed by atoms with Crippen molar-refractivity contribution >= 4 is 29.0 Å². The number of carbonyl (C=O) groups excluding carboxylic acids is 2. The monoisotopic (exact) mass is 450 g/mol. The molecule has 2 aromatic heterocycles. The minimum absolute atomic E-state index is 0.00316. The molecule has 32 heavy (non-hydrogen) atoms. The molecule has 0 aliphatic rings. The van der Waals surface area contributed by atoms with Gasteiger partial charge in [-0.25, -0.2) is 18.9 Å². The molecule has 4 rings (SSSR count). The van der Waals surface area contributed by atoms with Crippen molar-refractivity contribution < 1.29 is 14.0 Å². The van der Waals surface area contributed by atoms with Crippen LogP contribution in [-0.4, -0.2) is 26.7 Å². The number of aromatic nitrogens is 3. The van der Waals surface area contributed by atoms with Crippen LogP contribution in [0.15, 0.2) is 66.0 Å². The minimum atomic E-state index is -0.650. The molecular weight excluding hydrogens is 431 g/mol. The van der Waals surface area contributed by atoms with E-state index in [2.05, 4.69) is 20.7 Å². The molecule has 3 amide bonds. The van der Waals surface area contributed by atoms with Gasteiger partial charge in [-0.1, -0.05) is 18.2 Å². The van der Waals surface area contributed by atoms with Gasteiger partial charge in [-0.05, 0) is 60.3 Å². The Morgan fingerprint density at radius 2 is 1.81 bits per heavy atom. The number of thiophene rings is 1. The Morgan fingerprint density at radius 1 is 1.09 bits per heavy atom. The summed E-state index contributed by atoms with van der Waals surface area (Å²) in [6, 6.07) is 15.5. The van der Waals surface area contributed by atoms with E-state index in [1.807, 2.05) is 24.4 Å². The highest BCUT2D eigenvalue weighted by Gasteiger charge is 2.21. The third-order valence-corrected chi connectivity index (χ3v) is 5.51. The molecule has 0 saturated carbocycles. The summed E-state index contributed by atoms with van der Waals surface area (Å²) in [5, 5.41) is 11.6. The van der Waals surface area contributed by atoms with E-state index < -0.39 is 11.9 Å². The van der Waals surface area contributed by atoms with Gasteiger partial charge in [0.2, 0.25) is 5.82 Å². The number of urea groups is 1. The third-order valence-electron chi connectivity index (χ3n) is 4.65. The fourth-order valence-corrected chi connectivity index (χ4v) is 3.78. The number of carbonyl (C=O) groups is 2. The first-order valence-electron chi connectivity index (χ1n) is 9.65. The standard InChI is InChI=1S/C22H19FN6O2S/c1-13(14-4-8-16(9-5-14)26-22(24)31)25-21(30)19-27-20(18-3-2-12-32-18)29(28-19)17-10-6-15(23)7-11-17/h2-13H,1H3,(H,25,30)(H3,24,26,31). The molecule has 0 fully saturated rings. The van der Waals surface area contributed by atoms with Gasteiger partial charge in [0.15, 0.2) is 5.82 Å². The predicted octanol–water partition coefficient (Wildman–Crippen LogP) is 4.12. The molecule has 2 aromatic carbocycles. The second-order valence-electron chi connectivity index (χ2n) is 6.93. The van der Waals surface area contributed by atoms with Crippen LogP contribution in [0.25, 0.3) is 16.4 Å². The van der Waals surface area contributed by atoms with Gasteiger partial charge in [-0.15, -0.1) is 16.4 Å². The Morgan fingerprint density at radius 3 is 2.44 bits per heavy atom. The van der Waals surface area contributed by atoms with E-state index in [0.717, 1.165) is 10.4 Å². The molecule has 0 radical (unpaired) electrons. The summed E-state index contributed by atoms with van der Waals surface area (Å²) in [5.74, 6) is -0.325. The van der Waals surface area contributed by atoms with Gasteiger partial charge in [-0.3, -0.25) is 4.79 Å². The molecule has 162 valence electrons. The van der Waals surface area contributed by atoms with Crippen molar-refractivity contribution in [3.05, 3.63) is 83.2 Å². The molecule has 4 N–H and O–H groups in total. The minimum Gasteiger partial charge on any atom is -0.351 e. The Kier molecular flexibility index (Phi) is 5.95. The van der Waals surface area contributed by atoms with E-state index >= 15 is 0 Å². The van der Waals surface area contributed by atoms with E-state index in [9.17, 15) is 14.0 Å². The van der Waals surface area contributed by atoms with Crippen molar-refractivity contribution in [2.75, 3.05) is 5.32 Å². The fraction of sp³-hybridized carbons (Fsp3) is 0.0909. The summed E-state index contributed by atoms with van der Waals surface area (Å²) in [5.41, 5.74) is 7.08. The van der Waals surface area contributed by atoms with Crippen LogP contribution in [0.5, 0.6) is 0 Å². The lowest BCUT2D eigenvalue weighted by Gasteiger charge is -2.13. The Bertz CT molecular complexity index is 1240. The van der Waals surface area contributed by atoms with Crippen LogP contribution >= 0.6 is 11.3 Å². The van der Waals surface area contributed by atoms with Crippen molar-refractivity contribution in [2.24, 2.45) is 5.73 Å². The second kappa shape index (κ2) is 8.98. The molecule has 0 spiro atoms.